The molecule has 0 spiro atoms. The van der Waals surface area contributed by atoms with Gasteiger partial charge < -0.3 is 19.3 Å². The number of rotatable bonds is 5. The third kappa shape index (κ3) is 3.64. The van der Waals surface area contributed by atoms with Gasteiger partial charge in [-0.3, -0.25) is 9.48 Å². The summed E-state index contributed by atoms with van der Waals surface area (Å²) >= 11 is 0. The zero-order valence-electron chi connectivity index (χ0n) is 15.4. The minimum atomic E-state index is -0.185. The van der Waals surface area contributed by atoms with Gasteiger partial charge in [0.1, 0.15) is 12.3 Å². The summed E-state index contributed by atoms with van der Waals surface area (Å²) in [6, 6.07) is 15.0. The summed E-state index contributed by atoms with van der Waals surface area (Å²) in [5.74, 6) is 1.29. The van der Waals surface area contributed by atoms with Crippen LogP contribution in [0.5, 0.6) is 11.5 Å². The summed E-state index contributed by atoms with van der Waals surface area (Å²) in [7, 11) is 0. The molecule has 0 fully saturated rings. The molecule has 0 saturated carbocycles. The Morgan fingerprint density at radius 1 is 1.14 bits per heavy atom. The van der Waals surface area contributed by atoms with Crippen LogP contribution in [-0.2, 0) is 17.8 Å². The van der Waals surface area contributed by atoms with Crippen LogP contribution in [0.15, 0.2) is 65.4 Å². The Labute approximate surface area is 166 Å². The van der Waals surface area contributed by atoms with Crippen molar-refractivity contribution in [3.63, 3.8) is 0 Å². The fourth-order valence-corrected chi connectivity index (χ4v) is 3.31. The SMILES string of the molecule is O=C(Cc1noc2ccccc12)Nc1cnn(CC2COc3ccccc3O2)c1. The molecule has 146 valence electrons. The predicted octanol–water partition coefficient (Wildman–Crippen LogP) is 3.05. The van der Waals surface area contributed by atoms with E-state index in [1.54, 1.807) is 17.1 Å². The van der Waals surface area contributed by atoms with Gasteiger partial charge in [-0.2, -0.15) is 5.10 Å². The van der Waals surface area contributed by atoms with E-state index in [0.29, 0.717) is 30.1 Å². The Balaban J connectivity index is 1.20. The van der Waals surface area contributed by atoms with Gasteiger partial charge >= 0.3 is 0 Å². The highest BCUT2D eigenvalue weighted by atomic mass is 16.6. The van der Waals surface area contributed by atoms with Crippen LogP contribution >= 0.6 is 0 Å². The normalized spacial score (nSPS) is 15.4. The number of fused-ring (bicyclic) bond motifs is 2. The maximum Gasteiger partial charge on any atom is 0.230 e. The molecule has 8 heteroatoms. The van der Waals surface area contributed by atoms with Crippen LogP contribution < -0.4 is 14.8 Å². The van der Waals surface area contributed by atoms with Crippen LogP contribution in [0.2, 0.25) is 0 Å². The second kappa shape index (κ2) is 7.31. The lowest BCUT2D eigenvalue weighted by Crippen LogP contribution is -2.33. The first kappa shape index (κ1) is 17.3. The summed E-state index contributed by atoms with van der Waals surface area (Å²) in [5.41, 5.74) is 1.89. The van der Waals surface area contributed by atoms with E-state index >= 15 is 0 Å². The molecule has 1 N–H and O–H groups in total. The number of carbonyl (C=O) groups is 1. The molecule has 1 aliphatic rings. The number of aromatic nitrogens is 3. The number of carbonyl (C=O) groups excluding carboxylic acids is 1. The fraction of sp³-hybridized carbons (Fsp3) is 0.190. The molecule has 29 heavy (non-hydrogen) atoms. The van der Waals surface area contributed by atoms with Crippen LogP contribution in [0.25, 0.3) is 11.0 Å². The van der Waals surface area contributed by atoms with Gasteiger partial charge in [0, 0.05) is 11.6 Å². The minimum absolute atomic E-state index is 0.124. The van der Waals surface area contributed by atoms with Gasteiger partial charge in [0.2, 0.25) is 5.91 Å². The molecule has 1 atom stereocenters. The number of benzene rings is 2. The van der Waals surface area contributed by atoms with E-state index < -0.39 is 0 Å². The monoisotopic (exact) mass is 390 g/mol. The highest BCUT2D eigenvalue weighted by Crippen LogP contribution is 2.31. The molecule has 2 aromatic carbocycles. The topological polar surface area (TPSA) is 91.4 Å². The largest absolute Gasteiger partial charge is 0.486 e. The molecule has 0 radical (unpaired) electrons. The van der Waals surface area contributed by atoms with Crippen LogP contribution in [-0.4, -0.2) is 33.6 Å². The van der Waals surface area contributed by atoms with Gasteiger partial charge in [0.05, 0.1) is 24.8 Å². The van der Waals surface area contributed by atoms with Gasteiger partial charge in [-0.15, -0.1) is 0 Å². The van der Waals surface area contributed by atoms with Gasteiger partial charge in [0.15, 0.2) is 23.2 Å². The van der Waals surface area contributed by atoms with Gasteiger partial charge in [-0.1, -0.05) is 29.4 Å². The molecule has 5 rings (SSSR count). The average molecular weight is 390 g/mol. The summed E-state index contributed by atoms with van der Waals surface area (Å²) < 4.78 is 18.6. The van der Waals surface area contributed by atoms with Gasteiger partial charge in [0.25, 0.3) is 0 Å². The van der Waals surface area contributed by atoms with Gasteiger partial charge in [-0.05, 0) is 24.3 Å². The van der Waals surface area contributed by atoms with Crippen molar-refractivity contribution in [3.05, 3.63) is 66.6 Å². The standard InChI is InChI=1S/C21H18N4O4/c26-21(9-17-16-5-1-2-6-18(16)29-24-17)23-14-10-22-25(11-14)12-15-13-27-19-7-3-4-8-20(19)28-15/h1-8,10-11,15H,9,12-13H2,(H,23,26). The average Bonchev–Trinajstić information content (AvgIpc) is 3.35. The number of hydrogen-bond acceptors (Lipinski definition) is 6. The third-order valence-corrected chi connectivity index (χ3v) is 4.66. The Kier molecular flexibility index (Phi) is 4.36. The zero-order valence-corrected chi connectivity index (χ0v) is 15.4. The Morgan fingerprint density at radius 3 is 2.90 bits per heavy atom. The predicted molar refractivity (Wildman–Crippen MR) is 105 cm³/mol. The van der Waals surface area contributed by atoms with Gasteiger partial charge in [-0.25, -0.2) is 0 Å². The van der Waals surface area contributed by atoms with E-state index in [1.807, 2.05) is 48.5 Å². The van der Waals surface area contributed by atoms with Crippen LogP contribution in [0, 0.1) is 0 Å². The van der Waals surface area contributed by atoms with Crippen molar-refractivity contribution in [1.29, 1.82) is 0 Å². The highest BCUT2D eigenvalue weighted by Gasteiger charge is 2.21. The molecule has 1 unspecified atom stereocenters. The van der Waals surface area contributed by atoms with Crippen molar-refractivity contribution < 1.29 is 18.8 Å². The summed E-state index contributed by atoms with van der Waals surface area (Å²) in [6.45, 7) is 0.954. The lowest BCUT2D eigenvalue weighted by atomic mass is 10.1. The lowest BCUT2D eigenvalue weighted by Gasteiger charge is -2.26. The number of anilines is 1. The molecule has 4 aromatic rings. The van der Waals surface area contributed by atoms with E-state index in [1.165, 1.54) is 0 Å². The molecule has 1 aliphatic heterocycles. The second-order valence-electron chi connectivity index (χ2n) is 6.80. The molecule has 0 bridgehead atoms. The zero-order chi connectivity index (χ0) is 19.6. The molecule has 8 nitrogen and oxygen atoms in total. The van der Waals surface area contributed by atoms with E-state index in [2.05, 4.69) is 15.6 Å². The molecule has 0 aliphatic carbocycles. The Bertz CT molecular complexity index is 1170. The minimum Gasteiger partial charge on any atom is -0.486 e. The number of para-hydroxylation sites is 3. The van der Waals surface area contributed by atoms with E-state index in [0.717, 1.165) is 16.9 Å². The molecule has 3 heterocycles. The van der Waals surface area contributed by atoms with Crippen molar-refractivity contribution in [3.8, 4) is 11.5 Å². The van der Waals surface area contributed by atoms with E-state index in [9.17, 15) is 4.79 Å². The molecule has 1 amide bonds. The number of ether oxygens (including phenoxy) is 2. The van der Waals surface area contributed by atoms with Crippen LogP contribution in [0.4, 0.5) is 5.69 Å². The van der Waals surface area contributed by atoms with Crippen LogP contribution in [0.1, 0.15) is 5.69 Å². The lowest BCUT2D eigenvalue weighted by molar-refractivity contribution is -0.115. The summed E-state index contributed by atoms with van der Waals surface area (Å²) in [5, 5.41) is 12.0. The summed E-state index contributed by atoms with van der Waals surface area (Å²) in [4.78, 5) is 12.4. The number of nitrogens with one attached hydrogen (secondary N) is 1. The first-order valence-electron chi connectivity index (χ1n) is 9.29. The maximum absolute atomic E-state index is 12.4. The quantitative estimate of drug-likeness (QED) is 0.563. The third-order valence-electron chi connectivity index (χ3n) is 4.66. The highest BCUT2D eigenvalue weighted by molar-refractivity contribution is 5.94. The Hall–Kier alpha value is -3.81. The van der Waals surface area contributed by atoms with E-state index in [-0.39, 0.29) is 18.4 Å². The van der Waals surface area contributed by atoms with Crippen molar-refractivity contribution in [2.45, 2.75) is 19.1 Å². The number of hydrogen-bond donors (Lipinski definition) is 1. The molecular weight excluding hydrogens is 372 g/mol. The van der Waals surface area contributed by atoms with Crippen molar-refractivity contribution >= 4 is 22.6 Å². The smallest absolute Gasteiger partial charge is 0.230 e. The Morgan fingerprint density at radius 2 is 1.97 bits per heavy atom. The van der Waals surface area contributed by atoms with Crippen molar-refractivity contribution in [1.82, 2.24) is 14.9 Å². The van der Waals surface area contributed by atoms with Crippen molar-refractivity contribution in [2.75, 3.05) is 11.9 Å². The first-order valence-corrected chi connectivity index (χ1v) is 9.29. The first-order chi connectivity index (χ1) is 14.2. The van der Waals surface area contributed by atoms with Crippen LogP contribution in [0.3, 0.4) is 0 Å². The van der Waals surface area contributed by atoms with Crippen molar-refractivity contribution in [2.24, 2.45) is 0 Å². The molecule has 0 saturated heterocycles. The maximum atomic E-state index is 12.4. The number of amides is 1. The molecular formula is C21H18N4O4. The molecule has 2 aromatic heterocycles. The van der Waals surface area contributed by atoms with E-state index in [4.69, 9.17) is 14.0 Å². The fourth-order valence-electron chi connectivity index (χ4n) is 3.31. The number of nitrogens with zero attached hydrogens (tertiary/aromatic N) is 3. The summed E-state index contributed by atoms with van der Waals surface area (Å²) in [6.07, 6.45) is 3.34. The second-order valence-corrected chi connectivity index (χ2v) is 6.80.